The molecule has 1 aromatic heterocycles. The summed E-state index contributed by atoms with van der Waals surface area (Å²) in [6, 6.07) is 5.11. The fraction of sp³-hybridized carbons (Fsp3) is 0.333. The summed E-state index contributed by atoms with van der Waals surface area (Å²) in [5, 5.41) is 3.05. The van der Waals surface area contributed by atoms with Gasteiger partial charge >= 0.3 is 0 Å². The molecule has 0 spiro atoms. The summed E-state index contributed by atoms with van der Waals surface area (Å²) >= 11 is 6.03. The molecule has 1 saturated heterocycles. The molecule has 2 heterocycles. The summed E-state index contributed by atoms with van der Waals surface area (Å²) in [5.74, 6) is -0.593. The molecule has 3 nitrogen and oxygen atoms in total. The third kappa shape index (κ3) is 3.27. The Hall–Kier alpha value is -1.14. The third-order valence-electron chi connectivity index (χ3n) is 3.68. The lowest BCUT2D eigenvalue weighted by atomic mass is 10.0. The molecule has 1 aliphatic heterocycles. The Morgan fingerprint density at radius 2 is 1.82 bits per heavy atom. The van der Waals surface area contributed by atoms with Crippen LogP contribution in [0.4, 0.5) is 8.78 Å². The van der Waals surface area contributed by atoms with Gasteiger partial charge in [0.15, 0.2) is 0 Å². The Morgan fingerprint density at radius 3 is 2.45 bits per heavy atom. The second-order valence-electron chi connectivity index (χ2n) is 4.96. The van der Waals surface area contributed by atoms with Crippen LogP contribution >= 0.6 is 24.0 Å². The van der Waals surface area contributed by atoms with Gasteiger partial charge in [0.25, 0.3) is 0 Å². The van der Waals surface area contributed by atoms with Crippen LogP contribution in [-0.4, -0.2) is 31.1 Å². The number of nitrogens with one attached hydrogen (secondary N) is 1. The average Bonchev–Trinajstić information content (AvgIpc) is 3.02. The summed E-state index contributed by atoms with van der Waals surface area (Å²) in [6.45, 7) is 2.98. The summed E-state index contributed by atoms with van der Waals surface area (Å²) in [6.07, 6.45) is 1.52. The summed E-state index contributed by atoms with van der Waals surface area (Å²) in [7, 11) is 0. The van der Waals surface area contributed by atoms with E-state index in [9.17, 15) is 8.78 Å². The summed E-state index contributed by atoms with van der Waals surface area (Å²) < 4.78 is 33.5. The minimum Gasteiger partial charge on any atom is -0.467 e. The van der Waals surface area contributed by atoms with E-state index in [1.807, 2.05) is 4.90 Å². The normalized spacial score (nSPS) is 17.0. The van der Waals surface area contributed by atoms with Gasteiger partial charge in [0.2, 0.25) is 0 Å². The van der Waals surface area contributed by atoms with Gasteiger partial charge in [0.1, 0.15) is 17.4 Å². The molecule has 1 fully saturated rings. The first-order valence-electron chi connectivity index (χ1n) is 6.80. The molecule has 0 amide bonds. The Bertz CT molecular complexity index is 616. The third-order valence-corrected chi connectivity index (χ3v) is 4.07. The molecule has 0 bridgehead atoms. The van der Waals surface area contributed by atoms with Crippen LogP contribution in [0, 0.1) is 11.6 Å². The number of furan rings is 1. The van der Waals surface area contributed by atoms with Crippen molar-refractivity contribution in [1.29, 1.82) is 0 Å². The van der Waals surface area contributed by atoms with Crippen molar-refractivity contribution in [3.8, 4) is 0 Å². The molecule has 0 unspecified atom stereocenters. The molecule has 3 rings (SSSR count). The zero-order valence-electron chi connectivity index (χ0n) is 11.7. The molecule has 1 aromatic carbocycles. The van der Waals surface area contributed by atoms with Crippen molar-refractivity contribution < 1.29 is 13.2 Å². The topological polar surface area (TPSA) is 28.4 Å². The van der Waals surface area contributed by atoms with E-state index in [1.54, 1.807) is 12.1 Å². The van der Waals surface area contributed by atoms with Gasteiger partial charge in [-0.1, -0.05) is 11.6 Å². The first kappa shape index (κ1) is 17.2. The lowest BCUT2D eigenvalue weighted by Crippen LogP contribution is -2.45. The first-order valence-corrected chi connectivity index (χ1v) is 7.18. The lowest BCUT2D eigenvalue weighted by molar-refractivity contribution is 0.177. The molecule has 7 heteroatoms. The van der Waals surface area contributed by atoms with Crippen molar-refractivity contribution in [1.82, 2.24) is 10.2 Å². The largest absolute Gasteiger partial charge is 0.467 e. The van der Waals surface area contributed by atoms with Crippen molar-refractivity contribution >= 4 is 24.0 Å². The van der Waals surface area contributed by atoms with E-state index in [4.69, 9.17) is 16.0 Å². The maximum atomic E-state index is 14.3. The molecular weight excluding hydrogens is 333 g/mol. The Balaban J connectivity index is 0.00000176. The summed E-state index contributed by atoms with van der Waals surface area (Å²) in [5.41, 5.74) is 0.133. The number of rotatable bonds is 3. The maximum Gasteiger partial charge on any atom is 0.142 e. The second kappa shape index (κ2) is 7.42. The number of hydrogen-bond acceptors (Lipinski definition) is 3. The van der Waals surface area contributed by atoms with Gasteiger partial charge in [-0.3, -0.25) is 4.90 Å². The van der Waals surface area contributed by atoms with Crippen LogP contribution in [-0.2, 0) is 0 Å². The van der Waals surface area contributed by atoms with Gasteiger partial charge in [-0.05, 0) is 24.3 Å². The van der Waals surface area contributed by atoms with Crippen molar-refractivity contribution in [3.05, 3.63) is 58.5 Å². The number of nitrogens with zero attached hydrogens (tertiary/aromatic N) is 1. The van der Waals surface area contributed by atoms with Crippen LogP contribution < -0.4 is 5.32 Å². The number of hydrogen-bond donors (Lipinski definition) is 1. The fourth-order valence-corrected chi connectivity index (χ4v) is 2.94. The fourth-order valence-electron chi connectivity index (χ4n) is 2.69. The zero-order chi connectivity index (χ0) is 14.8. The highest BCUT2D eigenvalue weighted by atomic mass is 35.5. The minimum atomic E-state index is -0.625. The van der Waals surface area contributed by atoms with E-state index in [-0.39, 0.29) is 23.0 Å². The quantitative estimate of drug-likeness (QED) is 0.858. The van der Waals surface area contributed by atoms with Crippen LogP contribution in [0.25, 0.3) is 0 Å². The number of benzene rings is 1. The monoisotopic (exact) mass is 348 g/mol. The molecule has 2 aromatic rings. The minimum absolute atomic E-state index is 0. The molecular formula is C15H16Cl2F2N2O. The second-order valence-corrected chi connectivity index (χ2v) is 5.34. The van der Waals surface area contributed by atoms with Crippen molar-refractivity contribution in [2.45, 2.75) is 6.04 Å². The Labute approximate surface area is 138 Å². The molecule has 1 N–H and O–H groups in total. The Morgan fingerprint density at radius 1 is 1.14 bits per heavy atom. The van der Waals surface area contributed by atoms with Crippen LogP contribution in [0.5, 0.6) is 0 Å². The molecule has 0 saturated carbocycles. The van der Waals surface area contributed by atoms with E-state index >= 15 is 0 Å². The molecule has 120 valence electrons. The van der Waals surface area contributed by atoms with Gasteiger partial charge in [-0.15, -0.1) is 12.4 Å². The van der Waals surface area contributed by atoms with E-state index in [0.717, 1.165) is 25.2 Å². The predicted molar refractivity (Wildman–Crippen MR) is 83.6 cm³/mol. The van der Waals surface area contributed by atoms with Crippen molar-refractivity contribution in [2.24, 2.45) is 0 Å². The van der Waals surface area contributed by atoms with Crippen LogP contribution in [0.1, 0.15) is 17.4 Å². The van der Waals surface area contributed by atoms with Crippen molar-refractivity contribution in [2.75, 3.05) is 26.2 Å². The van der Waals surface area contributed by atoms with Crippen LogP contribution in [0.3, 0.4) is 0 Å². The van der Waals surface area contributed by atoms with Gasteiger partial charge in [0.05, 0.1) is 17.3 Å². The number of halogens is 4. The first-order chi connectivity index (χ1) is 10.2. The molecule has 0 aliphatic carbocycles. The highest BCUT2D eigenvalue weighted by molar-refractivity contribution is 6.31. The van der Waals surface area contributed by atoms with E-state index in [0.29, 0.717) is 18.8 Å². The van der Waals surface area contributed by atoms with E-state index < -0.39 is 17.7 Å². The van der Waals surface area contributed by atoms with E-state index in [1.165, 1.54) is 6.26 Å². The van der Waals surface area contributed by atoms with Gasteiger partial charge in [-0.25, -0.2) is 8.78 Å². The highest BCUT2D eigenvalue weighted by Gasteiger charge is 2.31. The number of piperazine rings is 1. The zero-order valence-corrected chi connectivity index (χ0v) is 13.3. The lowest BCUT2D eigenvalue weighted by Gasteiger charge is -2.34. The maximum absolute atomic E-state index is 14.3. The smallest absolute Gasteiger partial charge is 0.142 e. The van der Waals surface area contributed by atoms with Gasteiger partial charge in [-0.2, -0.15) is 0 Å². The van der Waals surface area contributed by atoms with E-state index in [2.05, 4.69) is 5.32 Å². The van der Waals surface area contributed by atoms with Crippen molar-refractivity contribution in [3.63, 3.8) is 0 Å². The summed E-state index contributed by atoms with van der Waals surface area (Å²) in [4.78, 5) is 2.04. The Kier molecular flexibility index (Phi) is 5.81. The molecule has 0 radical (unpaired) electrons. The SMILES string of the molecule is Cl.Fc1ccc(F)c([C@@H](c2ccco2)N2CCNCC2)c1Cl. The van der Waals surface area contributed by atoms with Crippen LogP contribution in [0.2, 0.25) is 5.02 Å². The highest BCUT2D eigenvalue weighted by Crippen LogP contribution is 2.36. The molecule has 22 heavy (non-hydrogen) atoms. The predicted octanol–water partition coefficient (Wildman–Crippen LogP) is 3.63. The molecule has 1 aliphatic rings. The van der Waals surface area contributed by atoms with Gasteiger partial charge in [0, 0.05) is 31.7 Å². The average molecular weight is 349 g/mol. The van der Waals surface area contributed by atoms with Crippen LogP contribution in [0.15, 0.2) is 34.9 Å². The molecule has 1 atom stereocenters. The van der Waals surface area contributed by atoms with Gasteiger partial charge < -0.3 is 9.73 Å². The standard InChI is InChI=1S/C15H15ClF2N2O.ClH/c16-14-11(18)4-3-10(17)13(14)15(12-2-1-9-21-12)20-7-5-19-6-8-20;/h1-4,9,15,19H,5-8H2;1H/t15-;/m1./s1.